The molecule has 17 heavy (non-hydrogen) atoms. The van der Waals surface area contributed by atoms with Crippen LogP contribution in [0.2, 0.25) is 0 Å². The first kappa shape index (κ1) is 13.1. The summed E-state index contributed by atoms with van der Waals surface area (Å²) in [6, 6.07) is 8.46. The summed E-state index contributed by atoms with van der Waals surface area (Å²) in [6.45, 7) is 2.14. The van der Waals surface area contributed by atoms with E-state index in [0.717, 1.165) is 23.7 Å². The third-order valence-electron chi connectivity index (χ3n) is 3.33. The average molecular weight is 298 g/mol. The first-order valence-corrected chi connectivity index (χ1v) is 7.09. The fraction of sp³-hybridized carbons (Fsp3) is 0.571. The standard InChI is InChI=1S/C14H20BrNO/c1-10-6-7-13(17-10)9-12(16)8-11-4-2-3-5-14(11)15/h2-5,10,12-13H,6-9,16H2,1H3. The first-order valence-electron chi connectivity index (χ1n) is 6.29. The van der Waals surface area contributed by atoms with Crippen molar-refractivity contribution in [3.8, 4) is 0 Å². The van der Waals surface area contributed by atoms with E-state index in [2.05, 4.69) is 41.1 Å². The molecule has 0 saturated carbocycles. The van der Waals surface area contributed by atoms with Gasteiger partial charge in [0.05, 0.1) is 12.2 Å². The zero-order valence-corrected chi connectivity index (χ0v) is 11.8. The van der Waals surface area contributed by atoms with Gasteiger partial charge in [0.2, 0.25) is 0 Å². The van der Waals surface area contributed by atoms with Gasteiger partial charge in [-0.05, 0) is 44.2 Å². The molecule has 94 valence electrons. The van der Waals surface area contributed by atoms with Gasteiger partial charge >= 0.3 is 0 Å². The minimum atomic E-state index is 0.184. The molecule has 3 heteroatoms. The molecule has 1 aromatic rings. The molecule has 1 saturated heterocycles. The number of ether oxygens (including phenoxy) is 1. The van der Waals surface area contributed by atoms with Crippen LogP contribution in [0.15, 0.2) is 28.7 Å². The molecule has 3 atom stereocenters. The molecule has 2 rings (SSSR count). The Morgan fingerprint density at radius 3 is 2.82 bits per heavy atom. The Labute approximate surface area is 112 Å². The molecule has 0 spiro atoms. The predicted molar refractivity (Wildman–Crippen MR) is 74.0 cm³/mol. The van der Waals surface area contributed by atoms with Crippen LogP contribution in [0.1, 0.15) is 31.7 Å². The van der Waals surface area contributed by atoms with Crippen molar-refractivity contribution in [2.75, 3.05) is 0 Å². The lowest BCUT2D eigenvalue weighted by Gasteiger charge is -2.17. The predicted octanol–water partition coefficient (Wildman–Crippen LogP) is 3.28. The Bertz CT molecular complexity index is 369. The van der Waals surface area contributed by atoms with E-state index in [1.54, 1.807) is 0 Å². The van der Waals surface area contributed by atoms with Crippen molar-refractivity contribution in [3.05, 3.63) is 34.3 Å². The number of hydrogen-bond acceptors (Lipinski definition) is 2. The van der Waals surface area contributed by atoms with Crippen molar-refractivity contribution in [1.82, 2.24) is 0 Å². The molecule has 0 amide bonds. The van der Waals surface area contributed by atoms with Crippen molar-refractivity contribution < 1.29 is 4.74 Å². The minimum absolute atomic E-state index is 0.184. The average Bonchev–Trinajstić information content (AvgIpc) is 2.67. The lowest BCUT2D eigenvalue weighted by molar-refractivity contribution is 0.0471. The third kappa shape index (κ3) is 3.80. The van der Waals surface area contributed by atoms with Gasteiger partial charge in [0.25, 0.3) is 0 Å². The van der Waals surface area contributed by atoms with Crippen LogP contribution < -0.4 is 5.73 Å². The van der Waals surface area contributed by atoms with Crippen LogP contribution in [-0.4, -0.2) is 18.2 Å². The summed E-state index contributed by atoms with van der Waals surface area (Å²) in [4.78, 5) is 0. The summed E-state index contributed by atoms with van der Waals surface area (Å²) in [5, 5.41) is 0. The maximum Gasteiger partial charge on any atom is 0.0594 e. The van der Waals surface area contributed by atoms with Crippen LogP contribution in [0.25, 0.3) is 0 Å². The number of hydrogen-bond donors (Lipinski definition) is 1. The fourth-order valence-electron chi connectivity index (χ4n) is 2.43. The zero-order chi connectivity index (χ0) is 12.3. The van der Waals surface area contributed by atoms with Crippen LogP contribution in [0, 0.1) is 0 Å². The molecular weight excluding hydrogens is 278 g/mol. The molecule has 0 aromatic heterocycles. The summed E-state index contributed by atoms with van der Waals surface area (Å²) in [6.07, 6.45) is 4.98. The Hall–Kier alpha value is -0.380. The second-order valence-corrected chi connectivity index (χ2v) is 5.79. The van der Waals surface area contributed by atoms with E-state index < -0.39 is 0 Å². The van der Waals surface area contributed by atoms with Gasteiger partial charge in [0, 0.05) is 10.5 Å². The number of nitrogens with two attached hydrogens (primary N) is 1. The Kier molecular flexibility index (Phi) is 4.60. The molecule has 1 aliphatic rings. The minimum Gasteiger partial charge on any atom is -0.375 e. The summed E-state index contributed by atoms with van der Waals surface area (Å²) < 4.78 is 6.96. The van der Waals surface area contributed by atoms with E-state index in [1.165, 1.54) is 12.0 Å². The number of benzene rings is 1. The molecule has 2 N–H and O–H groups in total. The Morgan fingerprint density at radius 1 is 1.41 bits per heavy atom. The highest BCUT2D eigenvalue weighted by atomic mass is 79.9. The van der Waals surface area contributed by atoms with Gasteiger partial charge in [-0.15, -0.1) is 0 Å². The summed E-state index contributed by atoms with van der Waals surface area (Å²) in [5.74, 6) is 0. The molecule has 1 aromatic carbocycles. The summed E-state index contributed by atoms with van der Waals surface area (Å²) in [5.41, 5.74) is 7.48. The molecule has 2 nitrogen and oxygen atoms in total. The Morgan fingerprint density at radius 2 is 2.18 bits per heavy atom. The molecular formula is C14H20BrNO. The van der Waals surface area contributed by atoms with Crippen molar-refractivity contribution in [1.29, 1.82) is 0 Å². The molecule has 1 fully saturated rings. The van der Waals surface area contributed by atoms with E-state index in [9.17, 15) is 0 Å². The van der Waals surface area contributed by atoms with E-state index >= 15 is 0 Å². The second kappa shape index (κ2) is 5.98. The normalized spacial score (nSPS) is 26.1. The molecule has 1 aliphatic heterocycles. The van der Waals surface area contributed by atoms with Crippen LogP contribution in [0.3, 0.4) is 0 Å². The quantitative estimate of drug-likeness (QED) is 0.926. The highest BCUT2D eigenvalue weighted by molar-refractivity contribution is 9.10. The smallest absolute Gasteiger partial charge is 0.0594 e. The molecule has 0 aliphatic carbocycles. The van der Waals surface area contributed by atoms with Crippen LogP contribution in [0.5, 0.6) is 0 Å². The van der Waals surface area contributed by atoms with Gasteiger partial charge in [-0.3, -0.25) is 0 Å². The van der Waals surface area contributed by atoms with Gasteiger partial charge in [0.15, 0.2) is 0 Å². The van der Waals surface area contributed by atoms with Gasteiger partial charge in [-0.1, -0.05) is 34.1 Å². The Balaban J connectivity index is 1.85. The maximum atomic E-state index is 6.20. The molecule has 0 bridgehead atoms. The van der Waals surface area contributed by atoms with Crippen molar-refractivity contribution in [2.45, 2.75) is 50.9 Å². The highest BCUT2D eigenvalue weighted by Gasteiger charge is 2.23. The molecule has 0 radical (unpaired) electrons. The van der Waals surface area contributed by atoms with E-state index in [-0.39, 0.29) is 6.04 Å². The highest BCUT2D eigenvalue weighted by Crippen LogP contribution is 2.24. The van der Waals surface area contributed by atoms with Gasteiger partial charge < -0.3 is 10.5 Å². The monoisotopic (exact) mass is 297 g/mol. The van der Waals surface area contributed by atoms with Gasteiger partial charge in [0.1, 0.15) is 0 Å². The van der Waals surface area contributed by atoms with Crippen LogP contribution in [-0.2, 0) is 11.2 Å². The second-order valence-electron chi connectivity index (χ2n) is 4.94. The maximum absolute atomic E-state index is 6.20. The molecule has 3 unspecified atom stereocenters. The van der Waals surface area contributed by atoms with Gasteiger partial charge in [-0.2, -0.15) is 0 Å². The lowest BCUT2D eigenvalue weighted by Crippen LogP contribution is -2.28. The largest absolute Gasteiger partial charge is 0.375 e. The zero-order valence-electron chi connectivity index (χ0n) is 10.2. The topological polar surface area (TPSA) is 35.2 Å². The lowest BCUT2D eigenvalue weighted by atomic mass is 10.00. The van der Waals surface area contributed by atoms with E-state index in [0.29, 0.717) is 12.2 Å². The van der Waals surface area contributed by atoms with E-state index in [4.69, 9.17) is 10.5 Å². The van der Waals surface area contributed by atoms with Crippen molar-refractivity contribution in [3.63, 3.8) is 0 Å². The van der Waals surface area contributed by atoms with Gasteiger partial charge in [-0.25, -0.2) is 0 Å². The van der Waals surface area contributed by atoms with Crippen LogP contribution >= 0.6 is 15.9 Å². The first-order chi connectivity index (χ1) is 8.15. The SMILES string of the molecule is CC1CCC(CC(N)Cc2ccccc2Br)O1. The fourth-order valence-corrected chi connectivity index (χ4v) is 2.87. The van der Waals surface area contributed by atoms with E-state index in [1.807, 2.05) is 6.07 Å². The summed E-state index contributed by atoms with van der Waals surface area (Å²) in [7, 11) is 0. The van der Waals surface area contributed by atoms with Crippen LogP contribution in [0.4, 0.5) is 0 Å². The van der Waals surface area contributed by atoms with Crippen molar-refractivity contribution in [2.24, 2.45) is 5.73 Å². The third-order valence-corrected chi connectivity index (χ3v) is 4.10. The number of halogens is 1. The summed E-state index contributed by atoms with van der Waals surface area (Å²) >= 11 is 3.56. The molecule has 1 heterocycles. The van der Waals surface area contributed by atoms with Crippen molar-refractivity contribution >= 4 is 15.9 Å². The number of rotatable bonds is 4.